The van der Waals surface area contributed by atoms with Gasteiger partial charge in [-0.3, -0.25) is 9.78 Å². The third-order valence-electron chi connectivity index (χ3n) is 5.50. The first-order chi connectivity index (χ1) is 11.4. The molecule has 1 fully saturated rings. The summed E-state index contributed by atoms with van der Waals surface area (Å²) in [6.07, 6.45) is 6.90. The van der Waals surface area contributed by atoms with Crippen LogP contribution in [-0.2, 0) is 4.74 Å². The van der Waals surface area contributed by atoms with Crippen LogP contribution in [-0.4, -0.2) is 30.0 Å². The van der Waals surface area contributed by atoms with Crippen LogP contribution in [0.15, 0.2) is 18.3 Å². The number of methoxy groups -OCH3 is 1. The van der Waals surface area contributed by atoms with Gasteiger partial charge in [0.2, 0.25) is 0 Å². The topological polar surface area (TPSA) is 68.3 Å². The van der Waals surface area contributed by atoms with Crippen LogP contribution in [0.3, 0.4) is 0 Å². The first-order valence-corrected chi connectivity index (χ1v) is 8.72. The summed E-state index contributed by atoms with van der Waals surface area (Å²) >= 11 is 0. The van der Waals surface area contributed by atoms with Crippen LogP contribution in [0.4, 0.5) is 0 Å². The Labute approximate surface area is 144 Å². The lowest BCUT2D eigenvalue weighted by Crippen LogP contribution is -2.40. The molecule has 1 aliphatic rings. The van der Waals surface area contributed by atoms with Gasteiger partial charge in [-0.25, -0.2) is 4.79 Å². The predicted octanol–water partition coefficient (Wildman–Crippen LogP) is 3.59. The maximum Gasteiger partial charge on any atom is 0.339 e. The first-order valence-electron chi connectivity index (χ1n) is 8.72. The number of amides is 1. The molecule has 1 N–H and O–H groups in total. The molecule has 0 unspecified atom stereocenters. The number of hydrogen-bond donors (Lipinski definition) is 1. The zero-order valence-corrected chi connectivity index (χ0v) is 15.1. The van der Waals surface area contributed by atoms with Gasteiger partial charge in [0.15, 0.2) is 0 Å². The van der Waals surface area contributed by atoms with Crippen molar-refractivity contribution in [3.05, 3.63) is 29.6 Å². The molecule has 0 spiro atoms. The second-order valence-corrected chi connectivity index (χ2v) is 7.29. The Morgan fingerprint density at radius 3 is 2.42 bits per heavy atom. The van der Waals surface area contributed by atoms with Crippen molar-refractivity contribution in [2.45, 2.75) is 58.9 Å². The van der Waals surface area contributed by atoms with Gasteiger partial charge < -0.3 is 10.1 Å². The number of nitrogens with zero attached hydrogens (tertiary/aromatic N) is 1. The smallest absolute Gasteiger partial charge is 0.339 e. The van der Waals surface area contributed by atoms with Gasteiger partial charge in [0, 0.05) is 12.2 Å². The van der Waals surface area contributed by atoms with Gasteiger partial charge >= 0.3 is 5.97 Å². The molecule has 0 aromatic carbocycles. The van der Waals surface area contributed by atoms with E-state index in [2.05, 4.69) is 35.8 Å². The first kappa shape index (κ1) is 18.4. The lowest BCUT2D eigenvalue weighted by molar-refractivity contribution is 0.0599. The monoisotopic (exact) mass is 332 g/mol. The molecule has 0 aliphatic heterocycles. The summed E-state index contributed by atoms with van der Waals surface area (Å²) in [5.41, 5.74) is 1.05. The summed E-state index contributed by atoms with van der Waals surface area (Å²) in [4.78, 5) is 27.8. The summed E-state index contributed by atoms with van der Waals surface area (Å²) in [6.45, 7) is 6.92. The van der Waals surface area contributed by atoms with E-state index in [4.69, 9.17) is 0 Å². The van der Waals surface area contributed by atoms with Gasteiger partial charge in [0.05, 0.1) is 12.7 Å². The van der Waals surface area contributed by atoms with E-state index in [0.29, 0.717) is 16.7 Å². The van der Waals surface area contributed by atoms with Crippen molar-refractivity contribution in [2.75, 3.05) is 7.11 Å². The highest BCUT2D eigenvalue weighted by Gasteiger charge is 2.32. The Morgan fingerprint density at radius 2 is 1.92 bits per heavy atom. The lowest BCUT2D eigenvalue weighted by Gasteiger charge is -2.39. The molecule has 1 aromatic heterocycles. The van der Waals surface area contributed by atoms with Gasteiger partial charge in [-0.15, -0.1) is 0 Å². The Balaban J connectivity index is 1.88. The van der Waals surface area contributed by atoms with Crippen LogP contribution in [0.2, 0.25) is 0 Å². The number of pyridine rings is 1. The van der Waals surface area contributed by atoms with Gasteiger partial charge in [0.1, 0.15) is 5.69 Å². The maximum absolute atomic E-state index is 12.3. The van der Waals surface area contributed by atoms with Crippen LogP contribution in [0, 0.1) is 11.3 Å². The highest BCUT2D eigenvalue weighted by Crippen LogP contribution is 2.40. The van der Waals surface area contributed by atoms with Crippen LogP contribution >= 0.6 is 0 Å². The average molecular weight is 332 g/mol. The fourth-order valence-electron chi connectivity index (χ4n) is 3.33. The molecule has 2 rings (SSSR count). The minimum atomic E-state index is -0.452. The molecule has 5 nitrogen and oxygen atoms in total. The summed E-state index contributed by atoms with van der Waals surface area (Å²) in [5.74, 6) is 0.101. The number of hydrogen-bond acceptors (Lipinski definition) is 4. The number of carbonyl (C=O) groups is 2. The molecule has 1 amide bonds. The SMILES string of the molecule is CCC(C)(C)C1CCC(NC(=O)c2ccc(C(=O)OC)cn2)CC1. The number of rotatable bonds is 5. The van der Waals surface area contributed by atoms with E-state index in [0.717, 1.165) is 31.6 Å². The van der Waals surface area contributed by atoms with Crippen molar-refractivity contribution in [1.29, 1.82) is 0 Å². The van der Waals surface area contributed by atoms with Crippen molar-refractivity contribution in [3.8, 4) is 0 Å². The standard InChI is InChI=1S/C19H28N2O3/c1-5-19(2,3)14-7-9-15(10-8-14)21-17(22)16-11-6-13(12-20-16)18(23)24-4/h6,11-12,14-15H,5,7-10H2,1-4H3,(H,21,22). The van der Waals surface area contributed by atoms with E-state index in [1.54, 1.807) is 12.1 Å². The van der Waals surface area contributed by atoms with E-state index in [9.17, 15) is 9.59 Å². The minimum absolute atomic E-state index is 0.176. The molecule has 0 bridgehead atoms. The van der Waals surface area contributed by atoms with Gasteiger partial charge in [0.25, 0.3) is 5.91 Å². The van der Waals surface area contributed by atoms with Crippen molar-refractivity contribution < 1.29 is 14.3 Å². The summed E-state index contributed by atoms with van der Waals surface area (Å²) < 4.78 is 4.63. The fraction of sp³-hybridized carbons (Fsp3) is 0.632. The highest BCUT2D eigenvalue weighted by atomic mass is 16.5. The zero-order valence-electron chi connectivity index (χ0n) is 15.1. The van der Waals surface area contributed by atoms with Crippen molar-refractivity contribution in [3.63, 3.8) is 0 Å². The number of nitrogens with one attached hydrogen (secondary N) is 1. The highest BCUT2D eigenvalue weighted by molar-refractivity contribution is 5.94. The number of carbonyl (C=O) groups excluding carboxylic acids is 2. The van der Waals surface area contributed by atoms with Gasteiger partial charge in [-0.2, -0.15) is 0 Å². The molecular formula is C19H28N2O3. The lowest BCUT2D eigenvalue weighted by atomic mass is 9.69. The van der Waals surface area contributed by atoms with E-state index in [1.165, 1.54) is 19.7 Å². The Bertz CT molecular complexity index is 573. The predicted molar refractivity (Wildman–Crippen MR) is 92.9 cm³/mol. The zero-order chi connectivity index (χ0) is 17.7. The van der Waals surface area contributed by atoms with Crippen molar-refractivity contribution in [2.24, 2.45) is 11.3 Å². The molecule has 1 saturated carbocycles. The third kappa shape index (κ3) is 4.34. The van der Waals surface area contributed by atoms with Gasteiger partial charge in [-0.05, 0) is 49.1 Å². The molecule has 132 valence electrons. The van der Waals surface area contributed by atoms with Crippen LogP contribution < -0.4 is 5.32 Å². The number of ether oxygens (including phenoxy) is 1. The normalized spacial score (nSPS) is 21.2. The summed E-state index contributed by atoms with van der Waals surface area (Å²) in [7, 11) is 1.32. The molecule has 0 radical (unpaired) electrons. The fourth-order valence-corrected chi connectivity index (χ4v) is 3.33. The molecule has 5 heteroatoms. The summed E-state index contributed by atoms with van der Waals surface area (Å²) in [5, 5.41) is 3.07. The van der Waals surface area contributed by atoms with Crippen LogP contribution in [0.25, 0.3) is 0 Å². The largest absolute Gasteiger partial charge is 0.465 e. The van der Waals surface area contributed by atoms with Crippen LogP contribution in [0.1, 0.15) is 73.7 Å². The minimum Gasteiger partial charge on any atom is -0.465 e. The average Bonchev–Trinajstić information content (AvgIpc) is 2.61. The molecule has 1 aromatic rings. The molecule has 1 heterocycles. The Hall–Kier alpha value is -1.91. The van der Waals surface area contributed by atoms with Crippen LogP contribution in [0.5, 0.6) is 0 Å². The van der Waals surface area contributed by atoms with E-state index in [-0.39, 0.29) is 11.9 Å². The molecule has 24 heavy (non-hydrogen) atoms. The van der Waals surface area contributed by atoms with Crippen molar-refractivity contribution >= 4 is 11.9 Å². The van der Waals surface area contributed by atoms with Gasteiger partial charge in [-0.1, -0.05) is 27.2 Å². The molecule has 0 saturated heterocycles. The number of aromatic nitrogens is 1. The Morgan fingerprint density at radius 1 is 1.25 bits per heavy atom. The Kier molecular flexibility index (Phi) is 5.97. The number of esters is 1. The quantitative estimate of drug-likeness (QED) is 0.837. The van der Waals surface area contributed by atoms with Crippen molar-refractivity contribution in [1.82, 2.24) is 10.3 Å². The van der Waals surface area contributed by atoms with E-state index >= 15 is 0 Å². The molecule has 0 atom stereocenters. The second-order valence-electron chi connectivity index (χ2n) is 7.29. The van der Waals surface area contributed by atoms with E-state index < -0.39 is 5.97 Å². The summed E-state index contributed by atoms with van der Waals surface area (Å²) in [6, 6.07) is 3.34. The van der Waals surface area contributed by atoms with E-state index in [1.807, 2.05) is 0 Å². The third-order valence-corrected chi connectivity index (χ3v) is 5.50. The molecule has 1 aliphatic carbocycles. The molecular weight excluding hydrogens is 304 g/mol. The maximum atomic E-state index is 12.3. The second kappa shape index (κ2) is 7.77.